The second kappa shape index (κ2) is 11.4. The molecule has 33 heavy (non-hydrogen) atoms. The summed E-state index contributed by atoms with van der Waals surface area (Å²) in [6.07, 6.45) is 2.08. The van der Waals surface area contributed by atoms with Gasteiger partial charge in [0.2, 0.25) is 0 Å². The van der Waals surface area contributed by atoms with E-state index >= 15 is 0 Å². The zero-order valence-corrected chi connectivity index (χ0v) is 19.6. The number of likely N-dealkylation sites (tertiary alicyclic amines) is 1. The number of piperidine rings is 1. The molecule has 178 valence electrons. The second-order valence-electron chi connectivity index (χ2n) is 9.27. The summed E-state index contributed by atoms with van der Waals surface area (Å²) in [7, 11) is 2.04. The fraction of sp³-hybridized carbons (Fsp3) is 0.462. The quantitative estimate of drug-likeness (QED) is 0.568. The smallest absolute Gasteiger partial charge is 0.318 e. The van der Waals surface area contributed by atoms with Crippen LogP contribution in [0.15, 0.2) is 42.5 Å². The van der Waals surface area contributed by atoms with Crippen molar-refractivity contribution < 1.29 is 18.4 Å². The summed E-state index contributed by atoms with van der Waals surface area (Å²) in [5.41, 5.74) is 1.83. The van der Waals surface area contributed by atoms with E-state index in [0.29, 0.717) is 30.0 Å². The lowest BCUT2D eigenvalue weighted by atomic mass is 10.0. The zero-order chi connectivity index (χ0) is 24.0. The van der Waals surface area contributed by atoms with Gasteiger partial charge in [0.25, 0.3) is 0 Å². The number of nitrogens with one attached hydrogen (secondary N) is 1. The summed E-state index contributed by atoms with van der Waals surface area (Å²) in [6, 6.07) is 10.4. The van der Waals surface area contributed by atoms with Crippen LogP contribution in [-0.2, 0) is 13.1 Å². The predicted octanol–water partition coefficient (Wildman–Crippen LogP) is 5.00. The van der Waals surface area contributed by atoms with E-state index in [-0.39, 0.29) is 24.4 Å². The van der Waals surface area contributed by atoms with Crippen LogP contribution in [0.4, 0.5) is 13.6 Å². The highest BCUT2D eigenvalue weighted by molar-refractivity contribution is 5.96. The number of carbonyl (C=O) groups excluding carboxylic acids is 2. The van der Waals surface area contributed by atoms with Crippen molar-refractivity contribution in [3.8, 4) is 0 Å². The van der Waals surface area contributed by atoms with E-state index in [2.05, 4.69) is 10.2 Å². The van der Waals surface area contributed by atoms with Gasteiger partial charge in [0, 0.05) is 36.2 Å². The Kier molecular flexibility index (Phi) is 8.55. The molecule has 1 saturated heterocycles. The van der Waals surface area contributed by atoms with Crippen molar-refractivity contribution in [3.05, 3.63) is 70.8 Å². The molecule has 7 heteroatoms. The highest BCUT2D eigenvalue weighted by Gasteiger charge is 2.28. The minimum Gasteiger partial charge on any atom is -0.334 e. The van der Waals surface area contributed by atoms with Gasteiger partial charge in [-0.1, -0.05) is 44.2 Å². The molecule has 0 spiro atoms. The average Bonchev–Trinajstić information content (AvgIpc) is 2.77. The third-order valence-electron chi connectivity index (χ3n) is 6.06. The van der Waals surface area contributed by atoms with Crippen molar-refractivity contribution in [2.24, 2.45) is 5.92 Å². The zero-order valence-electron chi connectivity index (χ0n) is 19.6. The van der Waals surface area contributed by atoms with Crippen LogP contribution in [0, 0.1) is 17.6 Å². The Hall–Kier alpha value is -2.80. The molecule has 0 saturated carbocycles. The number of benzene rings is 2. The van der Waals surface area contributed by atoms with Gasteiger partial charge >= 0.3 is 6.03 Å². The standard InChI is InChI=1S/C26H33F2N3O2/c1-18(2)14-25(32)20-6-4-19(5-7-20)16-29-26(33)31(23-10-12-30(3)13-11-23)17-21-8-9-22(27)15-24(21)28/h4-9,15,18,23H,10-14,16-17H2,1-3H3,(H,29,33). The van der Waals surface area contributed by atoms with Crippen molar-refractivity contribution in [2.45, 2.75) is 52.2 Å². The first-order chi connectivity index (χ1) is 15.7. The van der Waals surface area contributed by atoms with E-state index in [1.165, 1.54) is 12.1 Å². The number of carbonyl (C=O) groups is 2. The maximum Gasteiger partial charge on any atom is 0.318 e. The molecule has 0 radical (unpaired) electrons. The molecule has 1 aliphatic rings. The summed E-state index contributed by atoms with van der Waals surface area (Å²) in [6.45, 7) is 6.10. The number of urea groups is 1. The first-order valence-corrected chi connectivity index (χ1v) is 11.5. The van der Waals surface area contributed by atoms with Crippen LogP contribution in [0.1, 0.15) is 54.6 Å². The minimum absolute atomic E-state index is 0.0262. The van der Waals surface area contributed by atoms with Gasteiger partial charge in [0.15, 0.2) is 5.78 Å². The maximum absolute atomic E-state index is 14.3. The monoisotopic (exact) mass is 457 g/mol. The van der Waals surface area contributed by atoms with Crippen LogP contribution in [0.25, 0.3) is 0 Å². The van der Waals surface area contributed by atoms with Gasteiger partial charge in [0.1, 0.15) is 11.6 Å². The number of Topliss-reactive ketones (excluding diaryl/α,β-unsaturated/α-hetero) is 1. The highest BCUT2D eigenvalue weighted by atomic mass is 19.1. The molecular weight excluding hydrogens is 424 g/mol. The van der Waals surface area contributed by atoms with Gasteiger partial charge < -0.3 is 15.1 Å². The lowest BCUT2D eigenvalue weighted by Gasteiger charge is -2.37. The number of amides is 2. The lowest BCUT2D eigenvalue weighted by Crippen LogP contribution is -2.49. The molecule has 1 heterocycles. The number of rotatable bonds is 8. The van der Waals surface area contributed by atoms with Gasteiger partial charge in [0.05, 0.1) is 6.54 Å². The molecule has 3 rings (SSSR count). The van der Waals surface area contributed by atoms with E-state index in [1.54, 1.807) is 17.0 Å². The van der Waals surface area contributed by atoms with Gasteiger partial charge in [-0.25, -0.2) is 13.6 Å². The Morgan fingerprint density at radius 1 is 1.09 bits per heavy atom. The van der Waals surface area contributed by atoms with Crippen molar-refractivity contribution in [1.29, 1.82) is 0 Å². The lowest BCUT2D eigenvalue weighted by molar-refractivity contribution is 0.0967. The van der Waals surface area contributed by atoms with E-state index in [4.69, 9.17) is 0 Å². The Morgan fingerprint density at radius 3 is 2.36 bits per heavy atom. The van der Waals surface area contributed by atoms with Crippen LogP contribution >= 0.6 is 0 Å². The molecule has 0 aliphatic carbocycles. The van der Waals surface area contributed by atoms with Gasteiger partial charge in [-0.15, -0.1) is 0 Å². The Balaban J connectivity index is 1.67. The summed E-state index contributed by atoms with van der Waals surface area (Å²) in [4.78, 5) is 29.2. The second-order valence-corrected chi connectivity index (χ2v) is 9.27. The topological polar surface area (TPSA) is 52.7 Å². The summed E-state index contributed by atoms with van der Waals surface area (Å²) < 4.78 is 27.6. The number of nitrogens with zero attached hydrogens (tertiary/aromatic N) is 2. The molecule has 1 fully saturated rings. The van der Waals surface area contributed by atoms with Crippen LogP contribution in [0.3, 0.4) is 0 Å². The molecule has 0 bridgehead atoms. The van der Waals surface area contributed by atoms with Crippen LogP contribution in [0.5, 0.6) is 0 Å². The first kappa shape index (κ1) is 24.8. The van der Waals surface area contributed by atoms with Crippen LogP contribution in [-0.4, -0.2) is 47.8 Å². The van der Waals surface area contributed by atoms with Crippen molar-refractivity contribution in [2.75, 3.05) is 20.1 Å². The van der Waals surface area contributed by atoms with Gasteiger partial charge in [-0.3, -0.25) is 4.79 Å². The SMILES string of the molecule is CC(C)CC(=O)c1ccc(CNC(=O)N(Cc2ccc(F)cc2F)C2CCN(C)CC2)cc1. The summed E-state index contributed by atoms with van der Waals surface area (Å²) in [5.74, 6) is -0.882. The fourth-order valence-corrected chi connectivity index (χ4v) is 4.08. The molecule has 2 aromatic rings. The molecule has 0 unspecified atom stereocenters. The Morgan fingerprint density at radius 2 is 1.76 bits per heavy atom. The first-order valence-electron chi connectivity index (χ1n) is 11.5. The molecule has 2 amide bonds. The number of halogens is 2. The Labute approximate surface area is 194 Å². The van der Waals surface area contributed by atoms with E-state index in [1.807, 2.05) is 33.0 Å². The number of ketones is 1. The van der Waals surface area contributed by atoms with E-state index in [9.17, 15) is 18.4 Å². The Bertz CT molecular complexity index is 955. The largest absolute Gasteiger partial charge is 0.334 e. The normalized spacial score (nSPS) is 15.0. The molecule has 2 aromatic carbocycles. The third kappa shape index (κ3) is 7.09. The van der Waals surface area contributed by atoms with Crippen molar-refractivity contribution in [1.82, 2.24) is 15.1 Å². The van der Waals surface area contributed by atoms with Crippen molar-refractivity contribution in [3.63, 3.8) is 0 Å². The average molecular weight is 458 g/mol. The summed E-state index contributed by atoms with van der Waals surface area (Å²) in [5, 5.41) is 2.93. The summed E-state index contributed by atoms with van der Waals surface area (Å²) >= 11 is 0. The number of hydrogen-bond donors (Lipinski definition) is 1. The van der Waals surface area contributed by atoms with Crippen LogP contribution in [0.2, 0.25) is 0 Å². The molecule has 5 nitrogen and oxygen atoms in total. The van der Waals surface area contributed by atoms with Gasteiger partial charge in [-0.2, -0.15) is 0 Å². The third-order valence-corrected chi connectivity index (χ3v) is 6.06. The minimum atomic E-state index is -0.651. The number of hydrogen-bond acceptors (Lipinski definition) is 3. The molecule has 1 aliphatic heterocycles. The molecule has 0 aromatic heterocycles. The fourth-order valence-electron chi connectivity index (χ4n) is 4.08. The van der Waals surface area contributed by atoms with Crippen molar-refractivity contribution >= 4 is 11.8 Å². The molecule has 0 atom stereocenters. The van der Waals surface area contributed by atoms with Gasteiger partial charge in [-0.05, 0) is 50.5 Å². The van der Waals surface area contributed by atoms with E-state index in [0.717, 1.165) is 37.6 Å². The highest BCUT2D eigenvalue weighted by Crippen LogP contribution is 2.21. The molecular formula is C26H33F2N3O2. The van der Waals surface area contributed by atoms with E-state index < -0.39 is 11.6 Å². The maximum atomic E-state index is 14.3. The molecule has 1 N–H and O–H groups in total. The van der Waals surface area contributed by atoms with Crippen LogP contribution < -0.4 is 5.32 Å². The predicted molar refractivity (Wildman–Crippen MR) is 125 cm³/mol.